The number of halogens is 1. The van der Waals surface area contributed by atoms with E-state index in [2.05, 4.69) is 5.32 Å². The van der Waals surface area contributed by atoms with Gasteiger partial charge in [-0.25, -0.2) is 9.18 Å². The molecule has 2 N–H and O–H groups in total. The molecule has 2 aliphatic heterocycles. The molecule has 1 fully saturated rings. The SMILES string of the molecule is CCn1cc(C(=O)O)c(=O)c2cc(F)c(N3CCN(C(=S)Nc4ccc5c(c4)OCCO5)CC3)cc21. The summed E-state index contributed by atoms with van der Waals surface area (Å²) in [5.74, 6) is -0.510. The molecule has 11 heteroatoms. The quantitative estimate of drug-likeness (QED) is 0.511. The molecule has 0 radical (unpaired) electrons. The van der Waals surface area contributed by atoms with Gasteiger partial charge in [0.25, 0.3) is 0 Å². The van der Waals surface area contributed by atoms with E-state index < -0.39 is 17.2 Å². The Kier molecular flexibility index (Phi) is 6.40. The predicted octanol–water partition coefficient (Wildman–Crippen LogP) is 3.15. The average Bonchev–Trinajstić information content (AvgIpc) is 2.88. The van der Waals surface area contributed by atoms with Crippen LogP contribution in [-0.4, -0.2) is 65.0 Å². The number of carbonyl (C=O) groups is 1. The van der Waals surface area contributed by atoms with Crippen molar-refractivity contribution in [2.24, 2.45) is 0 Å². The van der Waals surface area contributed by atoms with Gasteiger partial charge in [0.15, 0.2) is 16.6 Å². The van der Waals surface area contributed by atoms with Crippen molar-refractivity contribution < 1.29 is 23.8 Å². The molecule has 0 spiro atoms. The number of hydrogen-bond acceptors (Lipinski definition) is 6. The Bertz CT molecular complexity index is 1420. The second-order valence-electron chi connectivity index (χ2n) is 8.55. The molecule has 0 atom stereocenters. The first-order valence-corrected chi connectivity index (χ1v) is 12.1. The third kappa shape index (κ3) is 4.41. The second kappa shape index (κ2) is 9.65. The monoisotopic (exact) mass is 512 g/mol. The topological polar surface area (TPSA) is 96.3 Å². The Morgan fingerprint density at radius 1 is 1.11 bits per heavy atom. The maximum Gasteiger partial charge on any atom is 0.341 e. The Hall–Kier alpha value is -3.86. The lowest BCUT2D eigenvalue weighted by Gasteiger charge is -2.37. The lowest BCUT2D eigenvalue weighted by atomic mass is 10.1. The molecule has 3 heterocycles. The second-order valence-corrected chi connectivity index (χ2v) is 8.93. The van der Waals surface area contributed by atoms with Crippen molar-refractivity contribution in [1.82, 2.24) is 9.47 Å². The van der Waals surface area contributed by atoms with Crippen LogP contribution in [-0.2, 0) is 6.54 Å². The number of fused-ring (bicyclic) bond motifs is 2. The Labute approximate surface area is 211 Å². The number of thiocarbonyl (C=S) groups is 1. The molecule has 3 aromatic rings. The van der Waals surface area contributed by atoms with E-state index in [1.807, 2.05) is 34.9 Å². The number of anilines is 2. The summed E-state index contributed by atoms with van der Waals surface area (Å²) in [5, 5.41) is 13.2. The molecule has 0 amide bonds. The summed E-state index contributed by atoms with van der Waals surface area (Å²) in [6, 6.07) is 8.35. The fraction of sp³-hybridized carbons (Fsp3) is 0.320. The molecule has 2 aliphatic rings. The van der Waals surface area contributed by atoms with Crippen molar-refractivity contribution in [3.05, 3.63) is 58.1 Å². The summed E-state index contributed by atoms with van der Waals surface area (Å²) in [6.45, 7) is 5.51. The molecule has 0 aliphatic carbocycles. The largest absolute Gasteiger partial charge is 0.486 e. The molecular formula is C25H25FN4O5S. The van der Waals surface area contributed by atoms with E-state index in [4.69, 9.17) is 21.7 Å². The first-order valence-electron chi connectivity index (χ1n) is 11.7. The van der Waals surface area contributed by atoms with Crippen LogP contribution in [0.4, 0.5) is 15.8 Å². The maximum absolute atomic E-state index is 15.1. The summed E-state index contributed by atoms with van der Waals surface area (Å²) in [6.07, 6.45) is 1.31. The van der Waals surface area contributed by atoms with E-state index in [0.717, 1.165) is 11.8 Å². The van der Waals surface area contributed by atoms with Crippen LogP contribution in [0.2, 0.25) is 0 Å². The minimum atomic E-state index is -1.33. The molecule has 188 valence electrons. The molecule has 1 aromatic heterocycles. The number of benzene rings is 2. The third-order valence-electron chi connectivity index (χ3n) is 6.42. The van der Waals surface area contributed by atoms with Gasteiger partial charge in [-0.2, -0.15) is 0 Å². The van der Waals surface area contributed by atoms with Crippen LogP contribution >= 0.6 is 12.2 Å². The normalized spacial score (nSPS) is 15.2. The molecule has 0 bridgehead atoms. The third-order valence-corrected chi connectivity index (χ3v) is 6.78. The van der Waals surface area contributed by atoms with Gasteiger partial charge in [-0.1, -0.05) is 0 Å². The summed E-state index contributed by atoms with van der Waals surface area (Å²) >= 11 is 5.60. The lowest BCUT2D eigenvalue weighted by Crippen LogP contribution is -2.50. The van der Waals surface area contributed by atoms with Crippen LogP contribution in [0.25, 0.3) is 10.9 Å². The minimum absolute atomic E-state index is 0.0569. The average molecular weight is 513 g/mol. The summed E-state index contributed by atoms with van der Waals surface area (Å²) < 4.78 is 28.0. The highest BCUT2D eigenvalue weighted by Crippen LogP contribution is 2.33. The summed E-state index contributed by atoms with van der Waals surface area (Å²) in [7, 11) is 0. The predicted molar refractivity (Wildman–Crippen MR) is 138 cm³/mol. The van der Waals surface area contributed by atoms with Gasteiger partial charge in [-0.15, -0.1) is 0 Å². The number of aromatic nitrogens is 1. The molecular weight excluding hydrogens is 487 g/mol. The van der Waals surface area contributed by atoms with Gasteiger partial charge in [0.2, 0.25) is 5.43 Å². The van der Waals surface area contributed by atoms with Gasteiger partial charge >= 0.3 is 5.97 Å². The van der Waals surface area contributed by atoms with Gasteiger partial charge < -0.3 is 34.3 Å². The molecule has 36 heavy (non-hydrogen) atoms. The molecule has 2 aromatic carbocycles. The van der Waals surface area contributed by atoms with E-state index >= 15 is 4.39 Å². The van der Waals surface area contributed by atoms with E-state index in [9.17, 15) is 14.7 Å². The van der Waals surface area contributed by atoms with Gasteiger partial charge in [0, 0.05) is 56.1 Å². The van der Waals surface area contributed by atoms with Crippen molar-refractivity contribution in [3.8, 4) is 11.5 Å². The van der Waals surface area contributed by atoms with Gasteiger partial charge in [-0.05, 0) is 43.4 Å². The van der Waals surface area contributed by atoms with E-state index in [1.54, 1.807) is 10.6 Å². The van der Waals surface area contributed by atoms with E-state index in [0.29, 0.717) is 73.8 Å². The number of pyridine rings is 1. The number of carboxylic acid groups (broad SMARTS) is 1. The van der Waals surface area contributed by atoms with Crippen molar-refractivity contribution in [2.45, 2.75) is 13.5 Å². The first-order chi connectivity index (χ1) is 17.4. The van der Waals surface area contributed by atoms with Crippen molar-refractivity contribution in [3.63, 3.8) is 0 Å². The standard InChI is InChI=1S/C25H25FN4O5S/c1-2-28-14-17(24(32)33)23(31)16-12-18(26)20(13-19(16)28)29-5-7-30(8-6-29)25(36)27-15-3-4-21-22(11-15)35-10-9-34-21/h3-4,11-14H,2,5-10H2,1H3,(H,27,36)(H,32,33). The van der Waals surface area contributed by atoms with Crippen LogP contribution < -0.4 is 25.1 Å². The van der Waals surface area contributed by atoms with Gasteiger partial charge in [0.1, 0.15) is 24.6 Å². The maximum atomic E-state index is 15.1. The number of carboxylic acids is 1. The van der Waals surface area contributed by atoms with Crippen LogP contribution in [0.1, 0.15) is 17.3 Å². The van der Waals surface area contributed by atoms with Crippen LogP contribution in [0.15, 0.2) is 41.3 Å². The van der Waals surface area contributed by atoms with Gasteiger partial charge in [0.05, 0.1) is 11.2 Å². The Balaban J connectivity index is 1.31. The van der Waals surface area contributed by atoms with Crippen LogP contribution in [0, 0.1) is 5.82 Å². The zero-order valence-electron chi connectivity index (χ0n) is 19.6. The van der Waals surface area contributed by atoms with Crippen molar-refractivity contribution >= 4 is 45.6 Å². The Morgan fingerprint density at radius 3 is 2.53 bits per heavy atom. The van der Waals surface area contributed by atoms with Gasteiger partial charge in [-0.3, -0.25) is 4.79 Å². The zero-order valence-corrected chi connectivity index (χ0v) is 20.4. The summed E-state index contributed by atoms with van der Waals surface area (Å²) in [5.41, 5.74) is 0.613. The van der Waals surface area contributed by atoms with Crippen LogP contribution in [0.5, 0.6) is 11.5 Å². The lowest BCUT2D eigenvalue weighted by molar-refractivity contribution is 0.0695. The number of nitrogens with zero attached hydrogens (tertiary/aromatic N) is 3. The smallest absolute Gasteiger partial charge is 0.341 e. The number of hydrogen-bond donors (Lipinski definition) is 2. The molecule has 9 nitrogen and oxygen atoms in total. The van der Waals surface area contributed by atoms with Crippen molar-refractivity contribution in [2.75, 3.05) is 49.6 Å². The first kappa shape index (κ1) is 23.9. The number of aromatic carboxylic acids is 1. The number of rotatable bonds is 4. The van der Waals surface area contributed by atoms with Crippen molar-refractivity contribution in [1.29, 1.82) is 0 Å². The number of nitrogens with one attached hydrogen (secondary N) is 1. The fourth-order valence-electron chi connectivity index (χ4n) is 4.53. The van der Waals surface area contributed by atoms with E-state index in [1.165, 1.54) is 6.20 Å². The zero-order chi connectivity index (χ0) is 25.4. The summed E-state index contributed by atoms with van der Waals surface area (Å²) in [4.78, 5) is 28.0. The highest BCUT2D eigenvalue weighted by atomic mass is 32.1. The molecule has 0 saturated carbocycles. The minimum Gasteiger partial charge on any atom is -0.486 e. The molecule has 5 rings (SSSR count). The highest BCUT2D eigenvalue weighted by molar-refractivity contribution is 7.80. The number of aryl methyl sites for hydroxylation is 1. The Morgan fingerprint density at radius 2 is 1.83 bits per heavy atom. The highest BCUT2D eigenvalue weighted by Gasteiger charge is 2.24. The number of ether oxygens (including phenoxy) is 2. The van der Waals surface area contributed by atoms with Crippen LogP contribution in [0.3, 0.4) is 0 Å². The molecule has 1 saturated heterocycles. The van der Waals surface area contributed by atoms with E-state index in [-0.39, 0.29) is 10.9 Å². The fourth-order valence-corrected chi connectivity index (χ4v) is 4.83. The number of piperazine rings is 1. The molecule has 0 unspecified atom stereocenters.